The first-order valence-corrected chi connectivity index (χ1v) is 7.49. The van der Waals surface area contributed by atoms with Crippen LogP contribution in [0.25, 0.3) is 0 Å². The predicted octanol–water partition coefficient (Wildman–Crippen LogP) is 3.50. The number of nitrogens with two attached hydrogens (primary N) is 1. The number of thiophene rings is 1. The van der Waals surface area contributed by atoms with Gasteiger partial charge in [-0.05, 0) is 24.5 Å². The van der Waals surface area contributed by atoms with Gasteiger partial charge in [-0.1, -0.05) is 25.4 Å². The van der Waals surface area contributed by atoms with E-state index in [-0.39, 0.29) is 0 Å². The van der Waals surface area contributed by atoms with Crippen LogP contribution in [0.15, 0.2) is 12.1 Å². The number of nitrogens with zero attached hydrogens (tertiary/aromatic N) is 2. The average Bonchev–Trinajstić information content (AvgIpc) is 2.87. The van der Waals surface area contributed by atoms with E-state index in [1.807, 2.05) is 17.8 Å². The molecule has 4 nitrogen and oxygen atoms in total. The Balaban J connectivity index is 2.00. The molecule has 0 unspecified atom stereocenters. The normalized spacial score (nSPS) is 11.2. The number of aromatic nitrogens is 2. The first-order chi connectivity index (χ1) is 8.99. The maximum atomic E-state index is 6.12. The second-order valence-corrected chi connectivity index (χ2v) is 6.61. The van der Waals surface area contributed by atoms with Crippen molar-refractivity contribution in [2.24, 2.45) is 7.05 Å². The van der Waals surface area contributed by atoms with Crippen molar-refractivity contribution in [3.05, 3.63) is 27.0 Å². The summed E-state index contributed by atoms with van der Waals surface area (Å²) < 4.78 is 2.64. The SMILES string of the molecule is CC(C)c1nn(C)c(NCCc2ccc(Cl)s2)c1N. The van der Waals surface area contributed by atoms with Gasteiger partial charge in [0.1, 0.15) is 5.82 Å². The summed E-state index contributed by atoms with van der Waals surface area (Å²) in [4.78, 5) is 1.27. The first kappa shape index (κ1) is 14.2. The highest BCUT2D eigenvalue weighted by atomic mass is 35.5. The summed E-state index contributed by atoms with van der Waals surface area (Å²) >= 11 is 7.52. The van der Waals surface area contributed by atoms with Gasteiger partial charge < -0.3 is 11.1 Å². The molecule has 104 valence electrons. The lowest BCUT2D eigenvalue weighted by atomic mass is 10.1. The number of rotatable bonds is 5. The van der Waals surface area contributed by atoms with Crippen molar-refractivity contribution < 1.29 is 0 Å². The van der Waals surface area contributed by atoms with E-state index in [0.717, 1.165) is 34.5 Å². The van der Waals surface area contributed by atoms with Crippen LogP contribution in [0.2, 0.25) is 4.34 Å². The third kappa shape index (κ3) is 3.22. The molecule has 0 saturated heterocycles. The van der Waals surface area contributed by atoms with Crippen LogP contribution in [0.1, 0.15) is 30.3 Å². The topological polar surface area (TPSA) is 55.9 Å². The molecule has 0 spiro atoms. The molecule has 19 heavy (non-hydrogen) atoms. The summed E-state index contributed by atoms with van der Waals surface area (Å²) in [5.41, 5.74) is 7.82. The molecule has 0 fully saturated rings. The predicted molar refractivity (Wildman–Crippen MR) is 83.2 cm³/mol. The molecule has 6 heteroatoms. The van der Waals surface area contributed by atoms with Crippen molar-refractivity contribution in [3.63, 3.8) is 0 Å². The minimum atomic E-state index is 0.331. The van der Waals surface area contributed by atoms with E-state index >= 15 is 0 Å². The van der Waals surface area contributed by atoms with E-state index in [1.165, 1.54) is 4.88 Å². The molecule has 0 saturated carbocycles. The van der Waals surface area contributed by atoms with E-state index in [0.29, 0.717) is 5.92 Å². The average molecular weight is 299 g/mol. The van der Waals surface area contributed by atoms with Crippen molar-refractivity contribution in [1.82, 2.24) is 9.78 Å². The highest BCUT2D eigenvalue weighted by Gasteiger charge is 2.15. The molecule has 0 radical (unpaired) electrons. The van der Waals surface area contributed by atoms with Crippen molar-refractivity contribution in [3.8, 4) is 0 Å². The molecular weight excluding hydrogens is 280 g/mol. The van der Waals surface area contributed by atoms with E-state index in [1.54, 1.807) is 11.3 Å². The van der Waals surface area contributed by atoms with Crippen LogP contribution >= 0.6 is 22.9 Å². The third-order valence-electron chi connectivity index (χ3n) is 2.95. The second kappa shape index (κ2) is 5.84. The van der Waals surface area contributed by atoms with Crippen molar-refractivity contribution in [1.29, 1.82) is 0 Å². The third-order valence-corrected chi connectivity index (χ3v) is 4.24. The molecule has 2 aromatic rings. The minimum absolute atomic E-state index is 0.331. The second-order valence-electron chi connectivity index (χ2n) is 4.81. The number of nitrogen functional groups attached to an aromatic ring is 1. The van der Waals surface area contributed by atoms with E-state index in [9.17, 15) is 0 Å². The molecular formula is C13H19ClN4S. The van der Waals surface area contributed by atoms with Gasteiger partial charge in [-0.2, -0.15) is 5.10 Å². The number of nitrogens with one attached hydrogen (secondary N) is 1. The first-order valence-electron chi connectivity index (χ1n) is 6.29. The number of hydrogen-bond acceptors (Lipinski definition) is 4. The molecule has 0 aliphatic heterocycles. The maximum absolute atomic E-state index is 6.12. The zero-order chi connectivity index (χ0) is 14.0. The highest BCUT2D eigenvalue weighted by Crippen LogP contribution is 2.28. The molecule has 3 N–H and O–H groups in total. The Morgan fingerprint density at radius 3 is 2.74 bits per heavy atom. The molecule has 2 rings (SSSR count). The van der Waals surface area contributed by atoms with Crippen molar-refractivity contribution in [2.45, 2.75) is 26.2 Å². The lowest BCUT2D eigenvalue weighted by Crippen LogP contribution is -2.09. The summed E-state index contributed by atoms with van der Waals surface area (Å²) in [5, 5.41) is 7.80. The van der Waals surface area contributed by atoms with Crippen molar-refractivity contribution >= 4 is 34.4 Å². The smallest absolute Gasteiger partial charge is 0.147 e. The Hall–Kier alpha value is -1.20. The summed E-state index contributed by atoms with van der Waals surface area (Å²) in [5.74, 6) is 1.23. The Labute approximate surface area is 122 Å². The number of hydrogen-bond donors (Lipinski definition) is 2. The lowest BCUT2D eigenvalue weighted by Gasteiger charge is -2.07. The largest absolute Gasteiger partial charge is 0.394 e. The zero-order valence-corrected chi connectivity index (χ0v) is 13.0. The molecule has 0 aliphatic carbocycles. The highest BCUT2D eigenvalue weighted by molar-refractivity contribution is 7.16. The van der Waals surface area contributed by atoms with Crippen LogP contribution in [0, 0.1) is 0 Å². The zero-order valence-electron chi connectivity index (χ0n) is 11.4. The summed E-state index contributed by atoms with van der Waals surface area (Å²) in [6.45, 7) is 5.00. The summed E-state index contributed by atoms with van der Waals surface area (Å²) in [6, 6.07) is 3.98. The summed E-state index contributed by atoms with van der Waals surface area (Å²) in [6.07, 6.45) is 0.930. The molecule has 0 aromatic carbocycles. The summed E-state index contributed by atoms with van der Waals surface area (Å²) in [7, 11) is 1.91. The van der Waals surface area contributed by atoms with Gasteiger partial charge in [0.25, 0.3) is 0 Å². The minimum Gasteiger partial charge on any atom is -0.394 e. The van der Waals surface area contributed by atoms with E-state index < -0.39 is 0 Å². The quantitative estimate of drug-likeness (QED) is 0.888. The van der Waals surface area contributed by atoms with Gasteiger partial charge in [0.15, 0.2) is 0 Å². The van der Waals surface area contributed by atoms with Gasteiger partial charge in [-0.3, -0.25) is 4.68 Å². The molecule has 0 aliphatic rings. The number of aryl methyl sites for hydroxylation is 1. The van der Waals surface area contributed by atoms with Crippen molar-refractivity contribution in [2.75, 3.05) is 17.6 Å². The fraction of sp³-hybridized carbons (Fsp3) is 0.462. The van der Waals surface area contributed by atoms with Crippen LogP contribution in [-0.2, 0) is 13.5 Å². The fourth-order valence-electron chi connectivity index (χ4n) is 1.99. The number of anilines is 2. The molecule has 2 heterocycles. The van der Waals surface area contributed by atoms with Gasteiger partial charge in [0.05, 0.1) is 15.7 Å². The lowest BCUT2D eigenvalue weighted by molar-refractivity contribution is 0.715. The van der Waals surface area contributed by atoms with Gasteiger partial charge in [0, 0.05) is 18.5 Å². The van der Waals surface area contributed by atoms with E-state index in [4.69, 9.17) is 17.3 Å². The van der Waals surface area contributed by atoms with Crippen LogP contribution < -0.4 is 11.1 Å². The van der Waals surface area contributed by atoms with Gasteiger partial charge in [-0.15, -0.1) is 11.3 Å². The van der Waals surface area contributed by atoms with Crippen LogP contribution in [0.4, 0.5) is 11.5 Å². The fourth-order valence-corrected chi connectivity index (χ4v) is 3.07. The number of halogens is 1. The van der Waals surface area contributed by atoms with Crippen LogP contribution in [0.5, 0.6) is 0 Å². The molecule has 0 amide bonds. The Kier molecular flexibility index (Phi) is 4.37. The van der Waals surface area contributed by atoms with Crippen LogP contribution in [0.3, 0.4) is 0 Å². The molecule has 0 bridgehead atoms. The Morgan fingerprint density at radius 2 is 2.21 bits per heavy atom. The Bertz CT molecular complexity index is 559. The maximum Gasteiger partial charge on any atom is 0.147 e. The van der Waals surface area contributed by atoms with Gasteiger partial charge in [0.2, 0.25) is 0 Å². The van der Waals surface area contributed by atoms with Gasteiger partial charge >= 0.3 is 0 Å². The monoisotopic (exact) mass is 298 g/mol. The Morgan fingerprint density at radius 1 is 1.47 bits per heavy atom. The van der Waals surface area contributed by atoms with Crippen LogP contribution in [-0.4, -0.2) is 16.3 Å². The van der Waals surface area contributed by atoms with Gasteiger partial charge in [-0.25, -0.2) is 0 Å². The molecule has 0 atom stereocenters. The van der Waals surface area contributed by atoms with E-state index in [2.05, 4.69) is 30.3 Å². The molecule has 2 aromatic heterocycles. The standard InChI is InChI=1S/C13H19ClN4S/c1-8(2)12-11(15)13(18(3)17-12)16-7-6-9-4-5-10(14)19-9/h4-5,8,16H,6-7,15H2,1-3H3.